The van der Waals surface area contributed by atoms with E-state index < -0.39 is 0 Å². The molecule has 0 saturated carbocycles. The maximum absolute atomic E-state index is 11.8. The lowest BCUT2D eigenvalue weighted by molar-refractivity contribution is -0.122. The summed E-state index contributed by atoms with van der Waals surface area (Å²) in [6.45, 7) is 8.45. The van der Waals surface area contributed by atoms with Crippen molar-refractivity contribution in [3.8, 4) is 0 Å². The van der Waals surface area contributed by atoms with E-state index in [4.69, 9.17) is 5.73 Å². The highest BCUT2D eigenvalue weighted by molar-refractivity contribution is 5.76. The molecule has 0 saturated heterocycles. The van der Waals surface area contributed by atoms with Crippen molar-refractivity contribution in [2.75, 3.05) is 0 Å². The summed E-state index contributed by atoms with van der Waals surface area (Å²) < 4.78 is 0. The number of hydrogen-bond donors (Lipinski definition) is 2. The van der Waals surface area contributed by atoms with Crippen molar-refractivity contribution < 1.29 is 4.79 Å². The van der Waals surface area contributed by atoms with Gasteiger partial charge in [0.05, 0.1) is 0 Å². The first-order valence-electron chi connectivity index (χ1n) is 7.06. The average molecular weight is 242 g/mol. The number of carbonyl (C=O) groups excluding carboxylic acids is 1. The summed E-state index contributed by atoms with van der Waals surface area (Å²) in [6.07, 6.45) is 6.09. The second-order valence-corrected chi connectivity index (χ2v) is 5.31. The second kappa shape index (κ2) is 9.46. The molecular weight excluding hydrogens is 212 g/mol. The summed E-state index contributed by atoms with van der Waals surface area (Å²) >= 11 is 0. The Labute approximate surface area is 107 Å². The van der Waals surface area contributed by atoms with Crippen molar-refractivity contribution in [3.63, 3.8) is 0 Å². The Hall–Kier alpha value is -0.570. The van der Waals surface area contributed by atoms with E-state index in [2.05, 4.69) is 33.0 Å². The van der Waals surface area contributed by atoms with Crippen molar-refractivity contribution in [2.24, 2.45) is 11.7 Å². The van der Waals surface area contributed by atoms with Gasteiger partial charge in [-0.25, -0.2) is 0 Å². The summed E-state index contributed by atoms with van der Waals surface area (Å²) in [4.78, 5) is 11.8. The maximum Gasteiger partial charge on any atom is 0.221 e. The van der Waals surface area contributed by atoms with Crippen molar-refractivity contribution in [3.05, 3.63) is 0 Å². The molecule has 2 unspecified atom stereocenters. The molecule has 0 aromatic heterocycles. The Bertz CT molecular complexity index is 204. The number of nitrogens with one attached hydrogen (secondary N) is 1. The van der Waals surface area contributed by atoms with Crippen LogP contribution in [0.5, 0.6) is 0 Å². The van der Waals surface area contributed by atoms with Crippen LogP contribution < -0.4 is 11.1 Å². The molecule has 0 aliphatic rings. The quantitative estimate of drug-likeness (QED) is 0.653. The van der Waals surface area contributed by atoms with Crippen LogP contribution in [0.3, 0.4) is 0 Å². The van der Waals surface area contributed by atoms with Gasteiger partial charge in [0.1, 0.15) is 0 Å². The molecule has 0 fully saturated rings. The van der Waals surface area contributed by atoms with Gasteiger partial charge in [-0.05, 0) is 18.8 Å². The fourth-order valence-corrected chi connectivity index (χ4v) is 1.82. The van der Waals surface area contributed by atoms with Gasteiger partial charge in [0, 0.05) is 18.5 Å². The van der Waals surface area contributed by atoms with Crippen LogP contribution >= 0.6 is 0 Å². The fourth-order valence-electron chi connectivity index (χ4n) is 1.82. The van der Waals surface area contributed by atoms with Crippen LogP contribution in [0, 0.1) is 5.92 Å². The van der Waals surface area contributed by atoms with Crippen LogP contribution in [-0.2, 0) is 4.79 Å². The summed E-state index contributed by atoms with van der Waals surface area (Å²) in [6, 6.07) is 0.315. The number of unbranched alkanes of at least 4 members (excludes halogenated alkanes) is 1. The van der Waals surface area contributed by atoms with Gasteiger partial charge in [-0.1, -0.05) is 47.0 Å². The second-order valence-electron chi connectivity index (χ2n) is 5.31. The van der Waals surface area contributed by atoms with Crippen LogP contribution in [0.1, 0.15) is 66.2 Å². The summed E-state index contributed by atoms with van der Waals surface area (Å²) in [5.41, 5.74) is 5.91. The monoisotopic (exact) mass is 242 g/mol. The number of nitrogens with two attached hydrogens (primary N) is 1. The third-order valence-corrected chi connectivity index (χ3v) is 3.19. The molecule has 2 atom stereocenters. The van der Waals surface area contributed by atoms with E-state index >= 15 is 0 Å². The van der Waals surface area contributed by atoms with Gasteiger partial charge in [-0.2, -0.15) is 0 Å². The molecule has 102 valence electrons. The lowest BCUT2D eigenvalue weighted by atomic mass is 10.0. The molecule has 3 N–H and O–H groups in total. The summed E-state index contributed by atoms with van der Waals surface area (Å²) in [7, 11) is 0. The van der Waals surface area contributed by atoms with Gasteiger partial charge in [0.2, 0.25) is 5.91 Å². The standard InChI is InChI=1S/C14H30N2O/c1-5-7-9-12(8-6-2)16-14(17)10-13(15)11(3)4/h11-13H,5-10,15H2,1-4H3,(H,16,17). The first-order chi connectivity index (χ1) is 8.01. The SMILES string of the molecule is CCCCC(CCC)NC(=O)CC(N)C(C)C. The topological polar surface area (TPSA) is 55.1 Å². The molecule has 0 bridgehead atoms. The minimum Gasteiger partial charge on any atom is -0.353 e. The molecule has 0 spiro atoms. The van der Waals surface area contributed by atoms with E-state index in [-0.39, 0.29) is 11.9 Å². The zero-order chi connectivity index (χ0) is 13.3. The van der Waals surface area contributed by atoms with Crippen LogP contribution in [0.2, 0.25) is 0 Å². The number of hydrogen-bond acceptors (Lipinski definition) is 2. The Morgan fingerprint density at radius 3 is 2.29 bits per heavy atom. The number of carbonyl (C=O) groups is 1. The smallest absolute Gasteiger partial charge is 0.221 e. The van der Waals surface area contributed by atoms with Crippen LogP contribution in [-0.4, -0.2) is 18.0 Å². The molecule has 3 heteroatoms. The molecule has 0 aromatic rings. The fraction of sp³-hybridized carbons (Fsp3) is 0.929. The third-order valence-electron chi connectivity index (χ3n) is 3.19. The van der Waals surface area contributed by atoms with Crippen LogP contribution in [0.25, 0.3) is 0 Å². The molecule has 3 nitrogen and oxygen atoms in total. The average Bonchev–Trinajstić information content (AvgIpc) is 2.25. The number of rotatable bonds is 9. The lowest BCUT2D eigenvalue weighted by Gasteiger charge is -2.20. The minimum absolute atomic E-state index is 0.0246. The van der Waals surface area contributed by atoms with E-state index in [1.807, 2.05) is 0 Å². The Kier molecular flexibility index (Phi) is 9.14. The van der Waals surface area contributed by atoms with Crippen molar-refractivity contribution >= 4 is 5.91 Å². The Balaban J connectivity index is 4.02. The largest absolute Gasteiger partial charge is 0.353 e. The van der Waals surface area contributed by atoms with Crippen LogP contribution in [0.4, 0.5) is 0 Å². The maximum atomic E-state index is 11.8. The zero-order valence-corrected chi connectivity index (χ0v) is 12.0. The highest BCUT2D eigenvalue weighted by Crippen LogP contribution is 2.08. The number of amides is 1. The minimum atomic E-state index is -0.0246. The highest BCUT2D eigenvalue weighted by Gasteiger charge is 2.15. The van der Waals surface area contributed by atoms with Gasteiger partial charge >= 0.3 is 0 Å². The molecule has 0 aromatic carbocycles. The molecule has 0 heterocycles. The predicted molar refractivity (Wildman–Crippen MR) is 73.8 cm³/mol. The van der Waals surface area contributed by atoms with E-state index in [1.165, 1.54) is 12.8 Å². The van der Waals surface area contributed by atoms with E-state index in [0.717, 1.165) is 19.3 Å². The molecule has 0 rings (SSSR count). The Morgan fingerprint density at radius 2 is 1.82 bits per heavy atom. The molecule has 0 aliphatic heterocycles. The predicted octanol–water partition coefficient (Wildman–Crippen LogP) is 2.83. The molecule has 0 radical (unpaired) electrons. The Morgan fingerprint density at radius 1 is 1.18 bits per heavy atom. The lowest BCUT2D eigenvalue weighted by Crippen LogP contribution is -2.39. The normalized spacial score (nSPS) is 14.7. The summed E-state index contributed by atoms with van der Waals surface area (Å²) in [5.74, 6) is 0.474. The third kappa shape index (κ3) is 8.19. The van der Waals surface area contributed by atoms with Gasteiger partial charge < -0.3 is 11.1 Å². The van der Waals surface area contributed by atoms with Gasteiger partial charge in [0.25, 0.3) is 0 Å². The first-order valence-corrected chi connectivity index (χ1v) is 7.06. The zero-order valence-electron chi connectivity index (χ0n) is 12.0. The molecule has 0 aliphatic carbocycles. The molecular formula is C14H30N2O. The van der Waals surface area contributed by atoms with Crippen molar-refractivity contribution in [2.45, 2.75) is 78.3 Å². The molecule has 17 heavy (non-hydrogen) atoms. The van der Waals surface area contributed by atoms with Gasteiger partial charge in [-0.3, -0.25) is 4.79 Å². The highest BCUT2D eigenvalue weighted by atomic mass is 16.1. The first kappa shape index (κ1) is 16.4. The molecule has 1 amide bonds. The van der Waals surface area contributed by atoms with Gasteiger partial charge in [0.15, 0.2) is 0 Å². The van der Waals surface area contributed by atoms with E-state index in [0.29, 0.717) is 18.4 Å². The van der Waals surface area contributed by atoms with Gasteiger partial charge in [-0.15, -0.1) is 0 Å². The van der Waals surface area contributed by atoms with Crippen molar-refractivity contribution in [1.82, 2.24) is 5.32 Å². The van der Waals surface area contributed by atoms with Crippen LogP contribution in [0.15, 0.2) is 0 Å². The van der Waals surface area contributed by atoms with Crippen molar-refractivity contribution in [1.29, 1.82) is 0 Å². The van der Waals surface area contributed by atoms with E-state index in [1.54, 1.807) is 0 Å². The van der Waals surface area contributed by atoms with E-state index in [9.17, 15) is 4.79 Å². The summed E-state index contributed by atoms with van der Waals surface area (Å²) in [5, 5.41) is 3.12.